The van der Waals surface area contributed by atoms with Crippen LogP contribution in [0.2, 0.25) is 0 Å². The predicted molar refractivity (Wildman–Crippen MR) is 119 cm³/mol. The van der Waals surface area contributed by atoms with Crippen molar-refractivity contribution in [1.82, 2.24) is 19.9 Å². The van der Waals surface area contributed by atoms with E-state index in [0.717, 1.165) is 68.3 Å². The molecule has 0 bridgehead atoms. The summed E-state index contributed by atoms with van der Waals surface area (Å²) < 4.78 is 0. The van der Waals surface area contributed by atoms with Crippen LogP contribution < -0.4 is 10.5 Å². The smallest absolute Gasteiger partial charge is 0.255 e. The highest BCUT2D eigenvalue weighted by Crippen LogP contribution is 2.31. The third-order valence-electron chi connectivity index (χ3n) is 7.07. The van der Waals surface area contributed by atoms with Crippen molar-refractivity contribution in [1.29, 1.82) is 0 Å². The average molecular weight is 408 g/mol. The molecule has 3 aliphatic rings. The molecule has 1 saturated carbocycles. The fourth-order valence-corrected chi connectivity index (χ4v) is 5.39. The number of anilines is 1. The number of rotatable bonds is 4. The molecular weight excluding hydrogens is 374 g/mol. The van der Waals surface area contributed by atoms with E-state index in [9.17, 15) is 4.79 Å². The standard InChI is InChI=1S/C24H33N5O/c30-24-20-17-28(15-11-21(20)26-22(27-24)18-8-3-1-4-9-18)16-19-10-7-12-25-23(19)29-13-5-2-6-14-29/h7,10,12,18H,1-6,8-9,11,13-17H2,(H,26,27,30). The van der Waals surface area contributed by atoms with Crippen LogP contribution >= 0.6 is 0 Å². The number of nitrogens with zero attached hydrogens (tertiary/aromatic N) is 4. The SMILES string of the molecule is O=c1[nH]c(C2CCCCC2)nc2c1CN(Cc1cccnc1N1CCCCC1)CC2. The van der Waals surface area contributed by atoms with Crippen molar-refractivity contribution in [2.24, 2.45) is 0 Å². The van der Waals surface area contributed by atoms with E-state index < -0.39 is 0 Å². The predicted octanol–water partition coefficient (Wildman–Crippen LogP) is 3.76. The Morgan fingerprint density at radius 1 is 1.03 bits per heavy atom. The molecule has 2 aliphatic heterocycles. The molecule has 2 aromatic heterocycles. The van der Waals surface area contributed by atoms with Gasteiger partial charge < -0.3 is 9.88 Å². The lowest BCUT2D eigenvalue weighted by Gasteiger charge is -2.32. The lowest BCUT2D eigenvalue weighted by molar-refractivity contribution is 0.240. The zero-order valence-corrected chi connectivity index (χ0v) is 17.9. The summed E-state index contributed by atoms with van der Waals surface area (Å²) in [6.45, 7) is 4.66. The molecule has 0 unspecified atom stereocenters. The Hall–Kier alpha value is -2.21. The Morgan fingerprint density at radius 2 is 1.83 bits per heavy atom. The first-order valence-electron chi connectivity index (χ1n) is 11.8. The van der Waals surface area contributed by atoms with Crippen LogP contribution in [0.15, 0.2) is 23.1 Å². The Kier molecular flexibility index (Phi) is 5.84. The van der Waals surface area contributed by atoms with E-state index in [1.807, 2.05) is 12.3 Å². The van der Waals surface area contributed by atoms with Gasteiger partial charge in [0.05, 0.1) is 11.3 Å². The van der Waals surface area contributed by atoms with Gasteiger partial charge in [0.1, 0.15) is 11.6 Å². The van der Waals surface area contributed by atoms with Gasteiger partial charge in [-0.3, -0.25) is 9.69 Å². The molecule has 6 nitrogen and oxygen atoms in total. The molecule has 0 atom stereocenters. The second-order valence-corrected chi connectivity index (χ2v) is 9.21. The molecule has 160 valence electrons. The third-order valence-corrected chi connectivity index (χ3v) is 7.07. The van der Waals surface area contributed by atoms with Crippen LogP contribution in [0, 0.1) is 0 Å². The van der Waals surface area contributed by atoms with Gasteiger partial charge in [-0.2, -0.15) is 0 Å². The van der Waals surface area contributed by atoms with Crippen molar-refractivity contribution in [2.45, 2.75) is 76.8 Å². The summed E-state index contributed by atoms with van der Waals surface area (Å²) in [4.78, 5) is 30.5. The Morgan fingerprint density at radius 3 is 2.67 bits per heavy atom. The van der Waals surface area contributed by atoms with E-state index in [-0.39, 0.29) is 5.56 Å². The molecule has 1 saturated heterocycles. The molecule has 1 N–H and O–H groups in total. The average Bonchev–Trinajstić information content (AvgIpc) is 2.81. The summed E-state index contributed by atoms with van der Waals surface area (Å²) >= 11 is 0. The molecule has 4 heterocycles. The number of nitrogens with one attached hydrogen (secondary N) is 1. The fourth-order valence-electron chi connectivity index (χ4n) is 5.39. The molecule has 1 aliphatic carbocycles. The van der Waals surface area contributed by atoms with E-state index in [4.69, 9.17) is 9.97 Å². The van der Waals surface area contributed by atoms with E-state index in [1.54, 1.807) is 0 Å². The Labute approximate surface area is 178 Å². The largest absolute Gasteiger partial charge is 0.356 e. The van der Waals surface area contributed by atoms with Gasteiger partial charge in [-0.25, -0.2) is 9.97 Å². The first-order valence-corrected chi connectivity index (χ1v) is 11.8. The van der Waals surface area contributed by atoms with Crippen molar-refractivity contribution in [2.75, 3.05) is 24.5 Å². The number of hydrogen-bond donors (Lipinski definition) is 1. The molecule has 2 fully saturated rings. The van der Waals surface area contributed by atoms with Crippen LogP contribution in [0.3, 0.4) is 0 Å². The summed E-state index contributed by atoms with van der Waals surface area (Å²) in [7, 11) is 0. The van der Waals surface area contributed by atoms with E-state index in [1.165, 1.54) is 44.1 Å². The number of aromatic nitrogens is 3. The molecule has 0 radical (unpaired) electrons. The number of pyridine rings is 1. The number of H-pyrrole nitrogens is 1. The molecule has 0 amide bonds. The van der Waals surface area contributed by atoms with Gasteiger partial charge in [-0.15, -0.1) is 0 Å². The maximum Gasteiger partial charge on any atom is 0.255 e. The van der Waals surface area contributed by atoms with Gasteiger partial charge in [-0.05, 0) is 38.2 Å². The van der Waals surface area contributed by atoms with Crippen molar-refractivity contribution < 1.29 is 0 Å². The number of hydrogen-bond acceptors (Lipinski definition) is 5. The Bertz CT molecular complexity index is 927. The van der Waals surface area contributed by atoms with E-state index in [2.05, 4.69) is 20.9 Å². The lowest BCUT2D eigenvalue weighted by atomic mass is 9.88. The molecule has 30 heavy (non-hydrogen) atoms. The maximum absolute atomic E-state index is 12.9. The fraction of sp³-hybridized carbons (Fsp3) is 0.625. The first-order chi connectivity index (χ1) is 14.8. The minimum atomic E-state index is 0.0766. The molecule has 6 heteroatoms. The van der Waals surface area contributed by atoms with Crippen molar-refractivity contribution in [3.05, 3.63) is 51.3 Å². The topological polar surface area (TPSA) is 65.1 Å². The van der Waals surface area contributed by atoms with Crippen molar-refractivity contribution in [3.8, 4) is 0 Å². The first kappa shape index (κ1) is 19.7. The summed E-state index contributed by atoms with van der Waals surface area (Å²) in [5, 5.41) is 0. The van der Waals surface area contributed by atoms with Crippen molar-refractivity contribution in [3.63, 3.8) is 0 Å². The van der Waals surface area contributed by atoms with Gasteiger partial charge in [0, 0.05) is 56.8 Å². The van der Waals surface area contributed by atoms with Crippen LogP contribution in [-0.2, 0) is 19.5 Å². The monoisotopic (exact) mass is 407 g/mol. The van der Waals surface area contributed by atoms with Crippen LogP contribution in [-0.4, -0.2) is 39.5 Å². The normalized spacial score (nSPS) is 20.9. The molecule has 0 aromatic carbocycles. The highest BCUT2D eigenvalue weighted by molar-refractivity contribution is 5.47. The number of aromatic amines is 1. The van der Waals surface area contributed by atoms with Gasteiger partial charge >= 0.3 is 0 Å². The summed E-state index contributed by atoms with van der Waals surface area (Å²) in [6, 6.07) is 4.23. The minimum absolute atomic E-state index is 0.0766. The van der Waals surface area contributed by atoms with E-state index >= 15 is 0 Å². The zero-order valence-electron chi connectivity index (χ0n) is 17.9. The molecule has 0 spiro atoms. The summed E-state index contributed by atoms with van der Waals surface area (Å²) in [5.74, 6) is 2.51. The van der Waals surface area contributed by atoms with Gasteiger partial charge in [0.25, 0.3) is 5.56 Å². The third kappa shape index (κ3) is 4.15. The zero-order chi connectivity index (χ0) is 20.3. The van der Waals surface area contributed by atoms with Crippen molar-refractivity contribution >= 4 is 5.82 Å². The van der Waals surface area contributed by atoms with Gasteiger partial charge in [0.15, 0.2) is 0 Å². The Balaban J connectivity index is 1.32. The van der Waals surface area contributed by atoms with Crippen LogP contribution in [0.25, 0.3) is 0 Å². The number of piperidine rings is 1. The molecular formula is C24H33N5O. The number of fused-ring (bicyclic) bond motifs is 1. The van der Waals surface area contributed by atoms with Gasteiger partial charge in [-0.1, -0.05) is 25.3 Å². The van der Waals surface area contributed by atoms with Crippen LogP contribution in [0.1, 0.15) is 79.9 Å². The minimum Gasteiger partial charge on any atom is -0.356 e. The highest BCUT2D eigenvalue weighted by atomic mass is 16.1. The lowest BCUT2D eigenvalue weighted by Crippen LogP contribution is -2.37. The van der Waals surface area contributed by atoms with Crippen LogP contribution in [0.4, 0.5) is 5.82 Å². The van der Waals surface area contributed by atoms with Gasteiger partial charge in [0.2, 0.25) is 0 Å². The summed E-state index contributed by atoms with van der Waals surface area (Å²) in [5.41, 5.74) is 3.24. The van der Waals surface area contributed by atoms with E-state index in [0.29, 0.717) is 12.5 Å². The second kappa shape index (κ2) is 8.88. The summed E-state index contributed by atoms with van der Waals surface area (Å²) in [6.07, 6.45) is 12.7. The highest BCUT2D eigenvalue weighted by Gasteiger charge is 2.25. The quantitative estimate of drug-likeness (QED) is 0.836. The maximum atomic E-state index is 12.9. The second-order valence-electron chi connectivity index (χ2n) is 9.21. The molecule has 2 aromatic rings. The van der Waals surface area contributed by atoms with Crippen LogP contribution in [0.5, 0.6) is 0 Å². The molecule has 5 rings (SSSR count).